The van der Waals surface area contributed by atoms with E-state index in [0.717, 1.165) is 23.4 Å². The third-order valence-electron chi connectivity index (χ3n) is 2.40. The number of thiophene rings is 1. The lowest BCUT2D eigenvalue weighted by molar-refractivity contribution is -0.136. The summed E-state index contributed by atoms with van der Waals surface area (Å²) in [5.74, 6) is -0.797. The van der Waals surface area contributed by atoms with E-state index in [-0.39, 0.29) is 6.42 Å². The third kappa shape index (κ3) is 3.60. The Morgan fingerprint density at radius 1 is 1.18 bits per heavy atom. The van der Waals surface area contributed by atoms with Crippen LogP contribution in [0.25, 0.3) is 0 Å². The van der Waals surface area contributed by atoms with Crippen LogP contribution in [-0.2, 0) is 17.8 Å². The molecule has 0 atom stereocenters. The van der Waals surface area contributed by atoms with Crippen molar-refractivity contribution in [1.29, 1.82) is 0 Å². The van der Waals surface area contributed by atoms with Gasteiger partial charge in [-0.2, -0.15) is 11.3 Å². The highest BCUT2D eigenvalue weighted by atomic mass is 32.1. The fraction of sp³-hybridized carbons (Fsp3) is 0.154. The number of anilines is 1. The summed E-state index contributed by atoms with van der Waals surface area (Å²) >= 11 is 1.66. The monoisotopic (exact) mass is 247 g/mol. The van der Waals surface area contributed by atoms with Crippen molar-refractivity contribution in [2.24, 2.45) is 0 Å². The summed E-state index contributed by atoms with van der Waals surface area (Å²) < 4.78 is 0. The van der Waals surface area contributed by atoms with E-state index >= 15 is 0 Å². The number of benzene rings is 1. The van der Waals surface area contributed by atoms with Gasteiger partial charge in [-0.05, 0) is 22.6 Å². The van der Waals surface area contributed by atoms with Crippen molar-refractivity contribution < 1.29 is 9.90 Å². The topological polar surface area (TPSA) is 49.3 Å². The minimum atomic E-state index is -0.797. The minimum Gasteiger partial charge on any atom is -0.481 e. The summed E-state index contributed by atoms with van der Waals surface area (Å²) in [6.07, 6.45) is 0.0816. The lowest BCUT2D eigenvalue weighted by atomic mass is 10.1. The van der Waals surface area contributed by atoms with E-state index in [1.807, 2.05) is 35.7 Å². The van der Waals surface area contributed by atoms with Crippen LogP contribution >= 0.6 is 11.3 Å². The number of hydrogen-bond donors (Lipinski definition) is 2. The first-order chi connectivity index (χ1) is 8.24. The zero-order valence-electron chi connectivity index (χ0n) is 9.22. The molecule has 17 heavy (non-hydrogen) atoms. The number of aliphatic carboxylic acids is 1. The van der Waals surface area contributed by atoms with E-state index in [4.69, 9.17) is 5.11 Å². The number of nitrogens with one attached hydrogen (secondary N) is 1. The Balaban J connectivity index is 1.91. The lowest BCUT2D eigenvalue weighted by Crippen LogP contribution is -2.01. The molecule has 0 saturated carbocycles. The molecule has 1 aromatic heterocycles. The van der Waals surface area contributed by atoms with Crippen LogP contribution in [0.1, 0.15) is 11.1 Å². The predicted octanol–water partition coefficient (Wildman–Crippen LogP) is 2.99. The highest BCUT2D eigenvalue weighted by Crippen LogP contribution is 2.13. The van der Waals surface area contributed by atoms with Gasteiger partial charge in [0, 0.05) is 17.6 Å². The van der Waals surface area contributed by atoms with Crippen LogP contribution in [0.4, 0.5) is 5.69 Å². The van der Waals surface area contributed by atoms with Crippen LogP contribution in [-0.4, -0.2) is 11.1 Å². The molecule has 2 aromatic rings. The molecule has 0 fully saturated rings. The minimum absolute atomic E-state index is 0.0816. The lowest BCUT2D eigenvalue weighted by Gasteiger charge is -2.05. The number of carbonyl (C=O) groups is 1. The molecule has 1 aromatic carbocycles. The van der Waals surface area contributed by atoms with Crippen molar-refractivity contribution in [2.75, 3.05) is 5.32 Å². The molecule has 0 unspecified atom stereocenters. The van der Waals surface area contributed by atoms with Gasteiger partial charge in [0.25, 0.3) is 0 Å². The molecule has 0 bridgehead atoms. The van der Waals surface area contributed by atoms with Crippen molar-refractivity contribution in [3.05, 3.63) is 52.2 Å². The summed E-state index contributed by atoms with van der Waals surface area (Å²) in [6, 6.07) is 9.66. The van der Waals surface area contributed by atoms with Crippen LogP contribution in [0.15, 0.2) is 41.1 Å². The Labute approximate surface area is 104 Å². The molecule has 4 heteroatoms. The molecule has 2 N–H and O–H groups in total. The number of rotatable bonds is 5. The Morgan fingerprint density at radius 3 is 2.47 bits per heavy atom. The maximum Gasteiger partial charge on any atom is 0.307 e. The van der Waals surface area contributed by atoms with Gasteiger partial charge in [0.15, 0.2) is 0 Å². The summed E-state index contributed by atoms with van der Waals surface area (Å²) in [5.41, 5.74) is 3.09. The van der Waals surface area contributed by atoms with Crippen LogP contribution in [0.3, 0.4) is 0 Å². The maximum absolute atomic E-state index is 10.5. The molecule has 0 spiro atoms. The first-order valence-corrected chi connectivity index (χ1v) is 6.24. The number of carboxylic acids is 1. The number of carboxylic acid groups (broad SMARTS) is 1. The molecule has 2 rings (SSSR count). The second kappa shape index (κ2) is 5.50. The molecule has 0 radical (unpaired) electrons. The first-order valence-electron chi connectivity index (χ1n) is 5.30. The van der Waals surface area contributed by atoms with E-state index in [9.17, 15) is 4.79 Å². The van der Waals surface area contributed by atoms with Gasteiger partial charge in [-0.15, -0.1) is 0 Å². The average molecular weight is 247 g/mol. The van der Waals surface area contributed by atoms with Crippen LogP contribution < -0.4 is 5.32 Å². The van der Waals surface area contributed by atoms with Crippen molar-refractivity contribution in [2.45, 2.75) is 13.0 Å². The van der Waals surface area contributed by atoms with Gasteiger partial charge in [-0.25, -0.2) is 0 Å². The maximum atomic E-state index is 10.5. The summed E-state index contributed by atoms with van der Waals surface area (Å²) in [7, 11) is 0. The van der Waals surface area contributed by atoms with Gasteiger partial charge in [0.05, 0.1) is 6.42 Å². The van der Waals surface area contributed by atoms with Crippen molar-refractivity contribution in [3.8, 4) is 0 Å². The van der Waals surface area contributed by atoms with Gasteiger partial charge < -0.3 is 10.4 Å². The van der Waals surface area contributed by atoms with E-state index in [0.29, 0.717) is 0 Å². The van der Waals surface area contributed by atoms with Crippen molar-refractivity contribution in [3.63, 3.8) is 0 Å². The smallest absolute Gasteiger partial charge is 0.307 e. The number of hydrogen-bond acceptors (Lipinski definition) is 3. The van der Waals surface area contributed by atoms with Gasteiger partial charge in [0.2, 0.25) is 0 Å². The van der Waals surface area contributed by atoms with Crippen LogP contribution in [0.2, 0.25) is 0 Å². The predicted molar refractivity (Wildman–Crippen MR) is 69.4 cm³/mol. The molecule has 0 saturated heterocycles. The Kier molecular flexibility index (Phi) is 3.77. The Bertz CT molecular complexity index is 477. The van der Waals surface area contributed by atoms with Gasteiger partial charge >= 0.3 is 5.97 Å². The second-order valence-electron chi connectivity index (χ2n) is 3.75. The van der Waals surface area contributed by atoms with E-state index < -0.39 is 5.97 Å². The molecule has 0 aliphatic carbocycles. The molecule has 0 aliphatic heterocycles. The summed E-state index contributed by atoms with van der Waals surface area (Å²) in [4.78, 5) is 10.5. The fourth-order valence-electron chi connectivity index (χ4n) is 1.52. The van der Waals surface area contributed by atoms with Crippen molar-refractivity contribution in [1.82, 2.24) is 0 Å². The van der Waals surface area contributed by atoms with Gasteiger partial charge in [0.1, 0.15) is 0 Å². The molecule has 0 amide bonds. The molecule has 0 aliphatic rings. The van der Waals surface area contributed by atoms with Gasteiger partial charge in [-0.1, -0.05) is 24.3 Å². The normalized spacial score (nSPS) is 10.1. The highest BCUT2D eigenvalue weighted by Gasteiger charge is 2.00. The van der Waals surface area contributed by atoms with E-state index in [2.05, 4.69) is 10.7 Å². The van der Waals surface area contributed by atoms with Crippen molar-refractivity contribution >= 4 is 23.0 Å². The summed E-state index contributed by atoms with van der Waals surface area (Å²) in [6.45, 7) is 0.754. The summed E-state index contributed by atoms with van der Waals surface area (Å²) in [5, 5.41) is 16.0. The molecular formula is C13H13NO2S. The van der Waals surface area contributed by atoms with Crippen LogP contribution in [0, 0.1) is 0 Å². The Hall–Kier alpha value is -1.81. The molecule has 1 heterocycles. The standard InChI is InChI=1S/C13H13NO2S/c15-13(16)7-10-1-3-11(4-2-10)8-14-12-5-6-17-9-12/h1-6,9,14H,7-8H2,(H,15,16). The van der Waals surface area contributed by atoms with Crippen LogP contribution in [0.5, 0.6) is 0 Å². The highest BCUT2D eigenvalue weighted by molar-refractivity contribution is 7.08. The third-order valence-corrected chi connectivity index (χ3v) is 3.08. The zero-order valence-corrected chi connectivity index (χ0v) is 10.0. The van der Waals surface area contributed by atoms with E-state index in [1.54, 1.807) is 11.3 Å². The average Bonchev–Trinajstić information content (AvgIpc) is 2.80. The molecular weight excluding hydrogens is 234 g/mol. The van der Waals surface area contributed by atoms with Gasteiger partial charge in [-0.3, -0.25) is 4.79 Å². The SMILES string of the molecule is O=C(O)Cc1ccc(CNc2ccsc2)cc1. The largest absolute Gasteiger partial charge is 0.481 e. The zero-order chi connectivity index (χ0) is 12.1. The second-order valence-corrected chi connectivity index (χ2v) is 4.53. The molecule has 3 nitrogen and oxygen atoms in total. The Morgan fingerprint density at radius 2 is 1.88 bits per heavy atom. The van der Waals surface area contributed by atoms with E-state index in [1.165, 1.54) is 0 Å². The fourth-order valence-corrected chi connectivity index (χ4v) is 2.13. The molecule has 88 valence electrons. The first kappa shape index (κ1) is 11.7. The quantitative estimate of drug-likeness (QED) is 0.854.